The van der Waals surface area contributed by atoms with E-state index in [-0.39, 0.29) is 0 Å². The molecule has 0 bridgehead atoms. The van der Waals surface area contributed by atoms with Crippen molar-refractivity contribution in [2.45, 2.75) is 50.6 Å². The van der Waals surface area contributed by atoms with Crippen LogP contribution in [0.3, 0.4) is 0 Å². The summed E-state index contributed by atoms with van der Waals surface area (Å²) in [7, 11) is 0. The van der Waals surface area contributed by atoms with Gasteiger partial charge in [-0.3, -0.25) is 19.8 Å². The van der Waals surface area contributed by atoms with E-state index in [1.54, 1.807) is 9.80 Å². The van der Waals surface area contributed by atoms with Gasteiger partial charge in [0, 0.05) is 48.8 Å². The molecule has 4 atom stereocenters. The third-order valence-corrected chi connectivity index (χ3v) is 6.09. The van der Waals surface area contributed by atoms with Crippen molar-refractivity contribution >= 4 is 0 Å². The lowest BCUT2D eigenvalue weighted by molar-refractivity contribution is -1.12. The zero-order chi connectivity index (χ0) is 16.9. The lowest BCUT2D eigenvalue weighted by Gasteiger charge is -2.38. The third kappa shape index (κ3) is 3.91. The predicted octanol–water partition coefficient (Wildman–Crippen LogP) is 1.35. The highest BCUT2D eigenvalue weighted by molar-refractivity contribution is 5.12. The molecule has 4 nitrogen and oxygen atoms in total. The molecule has 0 aliphatic carbocycles. The van der Waals surface area contributed by atoms with E-state index in [0.29, 0.717) is 12.1 Å². The summed E-state index contributed by atoms with van der Waals surface area (Å²) in [5.74, 6) is 0. The number of nitrogens with zero attached hydrogens (tertiary/aromatic N) is 2. The van der Waals surface area contributed by atoms with Crippen LogP contribution in [0.25, 0.3) is 0 Å². The fraction of sp³-hybridized carbons (Fsp3) is 0.524. The van der Waals surface area contributed by atoms with E-state index in [1.807, 2.05) is 12.4 Å². The van der Waals surface area contributed by atoms with E-state index < -0.39 is 0 Å². The molecule has 25 heavy (non-hydrogen) atoms. The summed E-state index contributed by atoms with van der Waals surface area (Å²) in [5, 5.41) is 0. The third-order valence-electron chi connectivity index (χ3n) is 6.09. The number of aromatic nitrogens is 2. The van der Waals surface area contributed by atoms with E-state index in [9.17, 15) is 0 Å². The van der Waals surface area contributed by atoms with Crippen molar-refractivity contribution in [1.29, 1.82) is 0 Å². The van der Waals surface area contributed by atoms with Crippen molar-refractivity contribution in [1.82, 2.24) is 9.97 Å². The zero-order valence-electron chi connectivity index (χ0n) is 15.0. The van der Waals surface area contributed by atoms with Gasteiger partial charge < -0.3 is 0 Å². The number of hydrogen-bond acceptors (Lipinski definition) is 2. The molecule has 4 rings (SSSR count). The molecule has 0 amide bonds. The summed E-state index contributed by atoms with van der Waals surface area (Å²) >= 11 is 0. The Kier molecular flexibility index (Phi) is 5.38. The van der Waals surface area contributed by atoms with Crippen LogP contribution >= 0.6 is 0 Å². The average Bonchev–Trinajstić information content (AvgIpc) is 2.70. The highest BCUT2D eigenvalue weighted by atomic mass is 15.3. The van der Waals surface area contributed by atoms with Crippen LogP contribution in [0.5, 0.6) is 0 Å². The van der Waals surface area contributed by atoms with Gasteiger partial charge in [-0.25, -0.2) is 0 Å². The Morgan fingerprint density at radius 1 is 0.760 bits per heavy atom. The molecular formula is C21H30N4+2. The highest BCUT2D eigenvalue weighted by Gasteiger charge is 2.35. The monoisotopic (exact) mass is 338 g/mol. The van der Waals surface area contributed by atoms with E-state index in [4.69, 9.17) is 0 Å². The van der Waals surface area contributed by atoms with Crippen molar-refractivity contribution in [3.05, 3.63) is 60.2 Å². The number of pyridine rings is 2. The van der Waals surface area contributed by atoms with Crippen molar-refractivity contribution in [2.75, 3.05) is 19.8 Å². The molecule has 0 spiro atoms. The molecule has 2 saturated heterocycles. The second-order valence-electron chi connectivity index (χ2n) is 7.66. The largest absolute Gasteiger partial charge is 0.282 e. The van der Waals surface area contributed by atoms with Crippen molar-refractivity contribution in [3.8, 4) is 0 Å². The Morgan fingerprint density at radius 3 is 1.72 bits per heavy atom. The summed E-state index contributed by atoms with van der Waals surface area (Å²) in [5.41, 5.74) is 2.85. The maximum atomic E-state index is 4.38. The smallest absolute Gasteiger partial charge is 0.205 e. The van der Waals surface area contributed by atoms with Crippen LogP contribution in [0.2, 0.25) is 0 Å². The lowest BCUT2D eigenvalue weighted by atomic mass is 9.95. The van der Waals surface area contributed by atoms with Gasteiger partial charge in [-0.2, -0.15) is 0 Å². The molecular weight excluding hydrogens is 308 g/mol. The van der Waals surface area contributed by atoms with E-state index in [1.165, 1.54) is 69.4 Å². The molecule has 2 aliphatic rings. The minimum absolute atomic E-state index is 0.617. The van der Waals surface area contributed by atoms with Crippen LogP contribution in [-0.4, -0.2) is 29.7 Å². The van der Waals surface area contributed by atoms with Crippen LogP contribution in [0.15, 0.2) is 49.1 Å². The Morgan fingerprint density at radius 2 is 1.28 bits per heavy atom. The number of quaternary nitrogens is 2. The number of hydrogen-bond donors (Lipinski definition) is 2. The SMILES string of the molecule is c1cncc([C@H]2CCCC[NH+]2C[NH+]2CCCC[C@H]2c2cccnc2)c1. The van der Waals surface area contributed by atoms with Gasteiger partial charge in [0.05, 0.1) is 13.1 Å². The predicted molar refractivity (Wildman–Crippen MR) is 98.2 cm³/mol. The number of piperidine rings is 2. The molecule has 4 heterocycles. The van der Waals surface area contributed by atoms with Gasteiger partial charge in [0.15, 0.2) is 0 Å². The van der Waals surface area contributed by atoms with Crippen LogP contribution in [-0.2, 0) is 0 Å². The van der Waals surface area contributed by atoms with E-state index in [0.717, 1.165) is 0 Å². The molecule has 0 saturated carbocycles. The molecule has 132 valence electrons. The van der Waals surface area contributed by atoms with E-state index >= 15 is 0 Å². The first-order valence-corrected chi connectivity index (χ1v) is 9.91. The van der Waals surface area contributed by atoms with Crippen LogP contribution in [0.4, 0.5) is 0 Å². The maximum Gasteiger partial charge on any atom is 0.205 e. The van der Waals surface area contributed by atoms with Gasteiger partial charge in [0.1, 0.15) is 12.1 Å². The fourth-order valence-electron chi connectivity index (χ4n) is 4.84. The summed E-state index contributed by atoms with van der Waals surface area (Å²) in [4.78, 5) is 12.3. The first kappa shape index (κ1) is 16.7. The summed E-state index contributed by atoms with van der Waals surface area (Å²) in [6.45, 7) is 3.81. The summed E-state index contributed by atoms with van der Waals surface area (Å²) < 4.78 is 0. The van der Waals surface area contributed by atoms with Crippen LogP contribution in [0, 0.1) is 0 Å². The van der Waals surface area contributed by atoms with E-state index in [2.05, 4.69) is 46.6 Å². The minimum Gasteiger partial charge on any atom is -0.282 e. The number of nitrogens with one attached hydrogen (secondary N) is 2. The van der Waals surface area contributed by atoms with Crippen LogP contribution in [0.1, 0.15) is 61.7 Å². The van der Waals surface area contributed by atoms with Gasteiger partial charge in [0.2, 0.25) is 6.67 Å². The maximum absolute atomic E-state index is 4.38. The normalized spacial score (nSPS) is 30.1. The highest BCUT2D eigenvalue weighted by Crippen LogP contribution is 2.20. The quantitative estimate of drug-likeness (QED) is 0.883. The minimum atomic E-state index is 0.617. The number of rotatable bonds is 4. The van der Waals surface area contributed by atoms with Crippen LogP contribution < -0.4 is 9.80 Å². The Balaban J connectivity index is 1.52. The van der Waals surface area contributed by atoms with Gasteiger partial charge in [-0.1, -0.05) is 12.1 Å². The average molecular weight is 338 g/mol. The second kappa shape index (κ2) is 8.07. The van der Waals surface area contributed by atoms with Gasteiger partial charge in [0.25, 0.3) is 0 Å². The molecule has 2 unspecified atom stereocenters. The molecule has 2 aromatic heterocycles. The molecule has 2 fully saturated rings. The molecule has 2 aliphatic heterocycles. The van der Waals surface area contributed by atoms with Crippen molar-refractivity contribution in [2.24, 2.45) is 0 Å². The molecule has 0 radical (unpaired) electrons. The van der Waals surface area contributed by atoms with Crippen molar-refractivity contribution in [3.63, 3.8) is 0 Å². The molecule has 2 N–H and O–H groups in total. The Bertz CT molecular complexity index is 588. The Hall–Kier alpha value is -1.78. The summed E-state index contributed by atoms with van der Waals surface area (Å²) in [6.07, 6.45) is 16.0. The van der Waals surface area contributed by atoms with Gasteiger partial charge in [-0.05, 0) is 37.8 Å². The molecule has 4 heteroatoms. The summed E-state index contributed by atoms with van der Waals surface area (Å²) in [6, 6.07) is 9.96. The first-order chi connectivity index (χ1) is 12.4. The molecule has 0 aromatic carbocycles. The fourth-order valence-corrected chi connectivity index (χ4v) is 4.84. The topological polar surface area (TPSA) is 34.7 Å². The Labute approximate surface area is 150 Å². The van der Waals surface area contributed by atoms with Gasteiger partial charge in [-0.15, -0.1) is 0 Å². The van der Waals surface area contributed by atoms with Gasteiger partial charge >= 0.3 is 0 Å². The zero-order valence-corrected chi connectivity index (χ0v) is 15.0. The lowest BCUT2D eigenvalue weighted by Crippen LogP contribution is -3.32. The first-order valence-electron chi connectivity index (χ1n) is 9.91. The molecule has 2 aromatic rings. The van der Waals surface area contributed by atoms with Crippen molar-refractivity contribution < 1.29 is 9.80 Å². The standard InChI is InChI=1S/C21H28N4/c1-3-13-24(20(9-1)18-7-5-11-22-15-18)17-25-14-4-2-10-21(25)19-8-6-12-23-16-19/h5-8,11-12,15-16,20-21H,1-4,9-10,13-14,17H2/p+2/t20-,21+. The number of likely N-dealkylation sites (tertiary alicyclic amines) is 2. The second-order valence-corrected chi connectivity index (χ2v) is 7.66.